The predicted molar refractivity (Wildman–Crippen MR) is 124 cm³/mol. The van der Waals surface area contributed by atoms with Crippen LogP contribution in [0.3, 0.4) is 0 Å². The molecule has 7 heteroatoms. The second-order valence-corrected chi connectivity index (χ2v) is 8.54. The van der Waals surface area contributed by atoms with Gasteiger partial charge in [-0.2, -0.15) is 0 Å². The first-order valence-electron chi connectivity index (χ1n) is 10.4. The van der Waals surface area contributed by atoms with Crippen molar-refractivity contribution in [2.24, 2.45) is 0 Å². The number of benzene rings is 2. The maximum atomic E-state index is 12.2. The lowest BCUT2D eigenvalue weighted by molar-refractivity contribution is -0.114. The van der Waals surface area contributed by atoms with Gasteiger partial charge in [0.25, 0.3) is 11.8 Å². The van der Waals surface area contributed by atoms with E-state index in [0.717, 1.165) is 12.1 Å². The molecule has 3 amide bonds. The number of carbonyl (C=O) groups is 3. The minimum atomic E-state index is -0.314. The molecule has 166 valence electrons. The Kier molecular flexibility index (Phi) is 8.19. The Morgan fingerprint density at radius 1 is 0.839 bits per heavy atom. The van der Waals surface area contributed by atoms with Gasteiger partial charge < -0.3 is 21.3 Å². The van der Waals surface area contributed by atoms with Crippen LogP contribution in [0.5, 0.6) is 0 Å². The van der Waals surface area contributed by atoms with Crippen LogP contribution in [0.1, 0.15) is 61.8 Å². The minimum Gasteiger partial charge on any atom is -0.376 e. The van der Waals surface area contributed by atoms with Crippen molar-refractivity contribution in [2.75, 3.05) is 17.2 Å². The Morgan fingerprint density at radius 3 is 1.87 bits per heavy atom. The molecular formula is C24H32N4O3. The van der Waals surface area contributed by atoms with E-state index in [1.54, 1.807) is 48.5 Å². The van der Waals surface area contributed by atoms with Crippen LogP contribution < -0.4 is 21.3 Å². The number of amides is 3. The molecule has 0 saturated carbocycles. The number of nitrogens with one attached hydrogen (secondary N) is 4. The molecule has 0 radical (unpaired) electrons. The zero-order chi connectivity index (χ0) is 23.0. The topological polar surface area (TPSA) is 99.3 Å². The van der Waals surface area contributed by atoms with Gasteiger partial charge in [0, 0.05) is 34.1 Å². The molecule has 2 aromatic rings. The third-order valence-electron chi connectivity index (χ3n) is 4.51. The van der Waals surface area contributed by atoms with Crippen molar-refractivity contribution >= 4 is 29.1 Å². The first-order chi connectivity index (χ1) is 14.6. The molecule has 0 bridgehead atoms. The van der Waals surface area contributed by atoms with Gasteiger partial charge in [-0.15, -0.1) is 0 Å². The average molecular weight is 425 g/mol. The molecule has 0 heterocycles. The molecule has 0 saturated heterocycles. The van der Waals surface area contributed by atoms with Crippen molar-refractivity contribution in [3.8, 4) is 0 Å². The predicted octanol–water partition coefficient (Wildman–Crippen LogP) is 3.79. The summed E-state index contributed by atoms with van der Waals surface area (Å²) in [4.78, 5) is 36.5. The quantitative estimate of drug-likeness (QED) is 0.518. The van der Waals surface area contributed by atoms with Crippen LogP contribution in [0.4, 0.5) is 11.4 Å². The Bertz CT molecular complexity index is 900. The first-order valence-corrected chi connectivity index (χ1v) is 10.4. The smallest absolute Gasteiger partial charge is 0.251 e. The number of hydrogen-bond acceptors (Lipinski definition) is 4. The summed E-state index contributed by atoms with van der Waals surface area (Å²) in [6.07, 6.45) is 0.868. The van der Waals surface area contributed by atoms with Gasteiger partial charge in [-0.3, -0.25) is 14.4 Å². The van der Waals surface area contributed by atoms with Gasteiger partial charge in [-0.1, -0.05) is 6.92 Å². The molecule has 0 fully saturated rings. The maximum absolute atomic E-state index is 12.2. The molecule has 2 rings (SSSR count). The van der Waals surface area contributed by atoms with Crippen molar-refractivity contribution in [3.63, 3.8) is 0 Å². The highest BCUT2D eigenvalue weighted by Gasteiger charge is 2.15. The molecule has 0 spiro atoms. The highest BCUT2D eigenvalue weighted by molar-refractivity contribution is 5.97. The third-order valence-corrected chi connectivity index (χ3v) is 4.51. The van der Waals surface area contributed by atoms with E-state index in [4.69, 9.17) is 0 Å². The largest absolute Gasteiger partial charge is 0.376 e. The van der Waals surface area contributed by atoms with Crippen LogP contribution in [-0.4, -0.2) is 35.8 Å². The normalized spacial score (nSPS) is 11.9. The Labute approximate surface area is 184 Å². The van der Waals surface area contributed by atoms with Gasteiger partial charge in [0.2, 0.25) is 5.91 Å². The lowest BCUT2D eigenvalue weighted by Gasteiger charge is -2.20. The molecule has 31 heavy (non-hydrogen) atoms. The fourth-order valence-corrected chi connectivity index (χ4v) is 2.65. The lowest BCUT2D eigenvalue weighted by atomic mass is 10.1. The molecule has 7 nitrogen and oxygen atoms in total. The van der Waals surface area contributed by atoms with Crippen molar-refractivity contribution in [1.82, 2.24) is 10.6 Å². The fraction of sp³-hybridized carbons (Fsp3) is 0.375. The summed E-state index contributed by atoms with van der Waals surface area (Å²) in [7, 11) is 0. The van der Waals surface area contributed by atoms with Gasteiger partial charge in [0.05, 0.1) is 6.54 Å². The van der Waals surface area contributed by atoms with Crippen LogP contribution in [0, 0.1) is 0 Å². The van der Waals surface area contributed by atoms with Crippen LogP contribution in [0.15, 0.2) is 48.5 Å². The molecule has 1 unspecified atom stereocenters. The monoisotopic (exact) mass is 424 g/mol. The number of hydrogen-bond donors (Lipinski definition) is 4. The van der Waals surface area contributed by atoms with Crippen molar-refractivity contribution in [3.05, 3.63) is 59.7 Å². The summed E-state index contributed by atoms with van der Waals surface area (Å²) in [5, 5.41) is 11.6. The van der Waals surface area contributed by atoms with E-state index in [-0.39, 0.29) is 35.8 Å². The molecule has 1 atom stereocenters. The van der Waals surface area contributed by atoms with Gasteiger partial charge >= 0.3 is 0 Å². The highest BCUT2D eigenvalue weighted by Crippen LogP contribution is 2.12. The third kappa shape index (κ3) is 8.12. The van der Waals surface area contributed by atoms with Crippen LogP contribution in [-0.2, 0) is 4.79 Å². The molecule has 2 aromatic carbocycles. The lowest BCUT2D eigenvalue weighted by Crippen LogP contribution is -2.40. The first kappa shape index (κ1) is 23.9. The summed E-state index contributed by atoms with van der Waals surface area (Å²) in [6.45, 7) is 9.80. The van der Waals surface area contributed by atoms with Crippen molar-refractivity contribution < 1.29 is 14.4 Å². The van der Waals surface area contributed by atoms with Gasteiger partial charge in [0.1, 0.15) is 0 Å². The number of carbonyl (C=O) groups excluding carboxylic acids is 3. The van der Waals surface area contributed by atoms with E-state index in [2.05, 4.69) is 21.3 Å². The Balaban J connectivity index is 1.84. The van der Waals surface area contributed by atoms with Crippen LogP contribution in [0.2, 0.25) is 0 Å². The van der Waals surface area contributed by atoms with E-state index in [0.29, 0.717) is 16.8 Å². The van der Waals surface area contributed by atoms with Crippen molar-refractivity contribution in [1.29, 1.82) is 0 Å². The molecule has 0 aliphatic rings. The minimum absolute atomic E-state index is 0.0741. The number of rotatable bonds is 8. The van der Waals surface area contributed by atoms with Gasteiger partial charge in [-0.05, 0) is 82.6 Å². The molecule has 0 aliphatic heterocycles. The Morgan fingerprint density at radius 2 is 1.35 bits per heavy atom. The SMILES string of the molecule is CCC(C)NC(=O)c1ccc(NCC(=O)Nc2ccc(C(=O)NC(C)(C)C)cc2)cc1. The highest BCUT2D eigenvalue weighted by atomic mass is 16.2. The Hall–Kier alpha value is -3.35. The summed E-state index contributed by atoms with van der Waals surface area (Å²) >= 11 is 0. The molecular weight excluding hydrogens is 392 g/mol. The summed E-state index contributed by atoms with van der Waals surface area (Å²) in [5.41, 5.74) is 2.14. The summed E-state index contributed by atoms with van der Waals surface area (Å²) < 4.78 is 0. The average Bonchev–Trinajstić information content (AvgIpc) is 2.71. The zero-order valence-corrected chi connectivity index (χ0v) is 18.8. The summed E-state index contributed by atoms with van der Waals surface area (Å²) in [6, 6.07) is 13.8. The standard InChI is InChI=1S/C24H32N4O3/c1-6-16(2)26-22(30)17-7-11-19(12-8-17)25-15-21(29)27-20-13-9-18(10-14-20)23(31)28-24(3,4)5/h7-14,16,25H,6,15H2,1-5H3,(H,26,30)(H,27,29)(H,28,31). The van der Waals surface area contributed by atoms with E-state index in [9.17, 15) is 14.4 Å². The maximum Gasteiger partial charge on any atom is 0.251 e. The molecule has 0 aliphatic carbocycles. The summed E-state index contributed by atoms with van der Waals surface area (Å²) in [5.74, 6) is -0.489. The second kappa shape index (κ2) is 10.6. The van der Waals surface area contributed by atoms with Gasteiger partial charge in [0.15, 0.2) is 0 Å². The fourth-order valence-electron chi connectivity index (χ4n) is 2.65. The van der Waals surface area contributed by atoms with Gasteiger partial charge in [-0.25, -0.2) is 0 Å². The van der Waals surface area contributed by atoms with Crippen LogP contribution in [0.25, 0.3) is 0 Å². The van der Waals surface area contributed by atoms with Crippen molar-refractivity contribution in [2.45, 2.75) is 52.6 Å². The zero-order valence-electron chi connectivity index (χ0n) is 18.8. The van der Waals surface area contributed by atoms with E-state index in [1.165, 1.54) is 0 Å². The molecule has 4 N–H and O–H groups in total. The van der Waals surface area contributed by atoms with E-state index < -0.39 is 0 Å². The molecule has 0 aromatic heterocycles. The van der Waals surface area contributed by atoms with Crippen LogP contribution >= 0.6 is 0 Å². The van der Waals surface area contributed by atoms with E-state index in [1.807, 2.05) is 34.6 Å². The second-order valence-electron chi connectivity index (χ2n) is 8.54. The number of anilines is 2. The van der Waals surface area contributed by atoms with E-state index >= 15 is 0 Å².